The molecule has 1 saturated heterocycles. The van der Waals surface area contributed by atoms with Crippen molar-refractivity contribution in [2.45, 2.75) is 33.3 Å². The SMILES string of the molecule is CC(C)C(C)Oc1ccnc(-c2ccnc(Cc3ccc4[nH]c(C(=O)N5CCN(C)CC5)cc4c3)n2)c1. The number of hydrogen-bond donors (Lipinski definition) is 1. The van der Waals surface area contributed by atoms with Crippen LogP contribution in [-0.2, 0) is 6.42 Å². The molecule has 1 amide bonds. The van der Waals surface area contributed by atoms with Gasteiger partial charge in [0.25, 0.3) is 5.91 Å². The van der Waals surface area contributed by atoms with Crippen LogP contribution >= 0.6 is 0 Å². The van der Waals surface area contributed by atoms with E-state index in [1.165, 1.54) is 0 Å². The van der Waals surface area contributed by atoms with Crippen LogP contribution in [0.25, 0.3) is 22.3 Å². The number of benzene rings is 1. The molecule has 1 unspecified atom stereocenters. The number of nitrogens with one attached hydrogen (secondary N) is 1. The van der Waals surface area contributed by atoms with E-state index >= 15 is 0 Å². The molecule has 0 spiro atoms. The lowest BCUT2D eigenvalue weighted by Crippen LogP contribution is -2.47. The van der Waals surface area contributed by atoms with Crippen LogP contribution in [0.1, 0.15) is 42.6 Å². The Morgan fingerprint density at radius 2 is 1.76 bits per heavy atom. The van der Waals surface area contributed by atoms with Crippen LogP contribution < -0.4 is 4.74 Å². The van der Waals surface area contributed by atoms with Gasteiger partial charge in [-0.25, -0.2) is 9.97 Å². The molecule has 0 aliphatic carbocycles. The molecule has 1 fully saturated rings. The number of ether oxygens (including phenoxy) is 1. The number of carbonyl (C=O) groups is 1. The second-order valence-corrected chi connectivity index (χ2v) is 10.2. The zero-order valence-corrected chi connectivity index (χ0v) is 21.9. The Kier molecular flexibility index (Phi) is 7.19. The third kappa shape index (κ3) is 5.80. The first-order valence-corrected chi connectivity index (χ1v) is 12.9. The van der Waals surface area contributed by atoms with E-state index in [-0.39, 0.29) is 12.0 Å². The lowest BCUT2D eigenvalue weighted by Gasteiger charge is -2.32. The minimum absolute atomic E-state index is 0.0587. The van der Waals surface area contributed by atoms with Gasteiger partial charge in [-0.3, -0.25) is 9.78 Å². The maximum atomic E-state index is 13.0. The number of hydrogen-bond acceptors (Lipinski definition) is 6. The lowest BCUT2D eigenvalue weighted by molar-refractivity contribution is 0.0659. The standard InChI is InChI=1S/C29H34N6O2/c1-19(2)20(3)37-23-7-9-30-26(18-23)25-8-10-31-28(33-25)16-21-5-6-24-22(15-21)17-27(32-24)29(36)35-13-11-34(4)12-14-35/h5-10,15,17-20,32H,11-14,16H2,1-4H3. The fraction of sp³-hybridized carbons (Fsp3) is 0.379. The number of aromatic amines is 1. The third-order valence-corrected chi connectivity index (χ3v) is 7.03. The third-order valence-electron chi connectivity index (χ3n) is 7.03. The predicted molar refractivity (Wildman–Crippen MR) is 145 cm³/mol. The summed E-state index contributed by atoms with van der Waals surface area (Å²) >= 11 is 0. The number of amides is 1. The van der Waals surface area contributed by atoms with Crippen molar-refractivity contribution in [1.82, 2.24) is 29.7 Å². The first-order chi connectivity index (χ1) is 17.9. The molecule has 8 nitrogen and oxygen atoms in total. The van der Waals surface area contributed by atoms with E-state index in [2.05, 4.69) is 59.8 Å². The molecule has 5 rings (SSSR count). The fourth-order valence-corrected chi connectivity index (χ4v) is 4.37. The normalized spacial score (nSPS) is 15.3. The van der Waals surface area contributed by atoms with Crippen LogP contribution in [0.4, 0.5) is 0 Å². The van der Waals surface area contributed by atoms with Gasteiger partial charge >= 0.3 is 0 Å². The summed E-state index contributed by atoms with van der Waals surface area (Å²) in [4.78, 5) is 34.2. The van der Waals surface area contributed by atoms with E-state index in [0.29, 0.717) is 23.9 Å². The summed E-state index contributed by atoms with van der Waals surface area (Å²) in [6.07, 6.45) is 4.21. The van der Waals surface area contributed by atoms with Gasteiger partial charge < -0.3 is 19.5 Å². The summed E-state index contributed by atoms with van der Waals surface area (Å²) in [5, 5.41) is 1.01. The number of piperazine rings is 1. The monoisotopic (exact) mass is 498 g/mol. The number of carbonyl (C=O) groups excluding carboxylic acids is 1. The minimum Gasteiger partial charge on any atom is -0.490 e. The number of nitrogens with zero attached hydrogens (tertiary/aromatic N) is 5. The fourth-order valence-electron chi connectivity index (χ4n) is 4.37. The second-order valence-electron chi connectivity index (χ2n) is 10.2. The van der Waals surface area contributed by atoms with Crippen molar-refractivity contribution in [3.05, 3.63) is 71.9 Å². The number of fused-ring (bicyclic) bond motifs is 1. The summed E-state index contributed by atoms with van der Waals surface area (Å²) < 4.78 is 6.05. The van der Waals surface area contributed by atoms with Crippen LogP contribution in [0.3, 0.4) is 0 Å². The zero-order chi connectivity index (χ0) is 25.9. The molecular formula is C29H34N6O2. The van der Waals surface area contributed by atoms with Crippen molar-refractivity contribution in [3.8, 4) is 17.1 Å². The average molecular weight is 499 g/mol. The maximum Gasteiger partial charge on any atom is 0.270 e. The van der Waals surface area contributed by atoms with Gasteiger partial charge in [0.2, 0.25) is 0 Å². The number of likely N-dealkylation sites (N-methyl/N-ethyl adjacent to an activating group) is 1. The summed E-state index contributed by atoms with van der Waals surface area (Å²) in [7, 11) is 2.09. The van der Waals surface area contributed by atoms with Crippen molar-refractivity contribution >= 4 is 16.8 Å². The quantitative estimate of drug-likeness (QED) is 0.406. The summed E-state index contributed by atoms with van der Waals surface area (Å²) in [5.41, 5.74) is 4.18. The van der Waals surface area contributed by atoms with Gasteiger partial charge in [-0.1, -0.05) is 19.9 Å². The zero-order valence-electron chi connectivity index (χ0n) is 21.9. The second kappa shape index (κ2) is 10.7. The molecule has 0 bridgehead atoms. The largest absolute Gasteiger partial charge is 0.490 e. The van der Waals surface area contributed by atoms with Crippen LogP contribution in [0.15, 0.2) is 54.9 Å². The van der Waals surface area contributed by atoms with E-state index in [4.69, 9.17) is 9.72 Å². The van der Waals surface area contributed by atoms with Gasteiger partial charge in [0.1, 0.15) is 17.3 Å². The number of H-pyrrole nitrogens is 1. The first kappa shape index (κ1) is 24.9. The average Bonchev–Trinajstić information content (AvgIpc) is 3.32. The molecule has 3 aromatic heterocycles. The van der Waals surface area contributed by atoms with E-state index in [9.17, 15) is 4.79 Å². The summed E-state index contributed by atoms with van der Waals surface area (Å²) in [5.74, 6) is 1.97. The highest BCUT2D eigenvalue weighted by molar-refractivity contribution is 5.98. The minimum atomic E-state index is 0.0587. The highest BCUT2D eigenvalue weighted by atomic mass is 16.5. The molecule has 4 aromatic rings. The number of aromatic nitrogens is 4. The van der Waals surface area contributed by atoms with Crippen LogP contribution in [0.2, 0.25) is 0 Å². The molecule has 0 radical (unpaired) electrons. The molecule has 37 heavy (non-hydrogen) atoms. The molecule has 1 aromatic carbocycles. The molecular weight excluding hydrogens is 464 g/mol. The Morgan fingerprint density at radius 3 is 2.54 bits per heavy atom. The van der Waals surface area contributed by atoms with E-state index in [1.807, 2.05) is 35.2 Å². The Morgan fingerprint density at radius 1 is 0.973 bits per heavy atom. The Balaban J connectivity index is 1.31. The predicted octanol–water partition coefficient (Wildman–Crippen LogP) is 4.42. The van der Waals surface area contributed by atoms with Crippen molar-refractivity contribution in [3.63, 3.8) is 0 Å². The van der Waals surface area contributed by atoms with Gasteiger partial charge in [0.15, 0.2) is 0 Å². The van der Waals surface area contributed by atoms with Gasteiger partial charge in [-0.2, -0.15) is 0 Å². The lowest BCUT2D eigenvalue weighted by atomic mass is 10.1. The van der Waals surface area contributed by atoms with E-state index in [1.54, 1.807) is 12.4 Å². The van der Waals surface area contributed by atoms with E-state index < -0.39 is 0 Å². The van der Waals surface area contributed by atoms with Gasteiger partial charge in [-0.15, -0.1) is 0 Å². The van der Waals surface area contributed by atoms with Crippen molar-refractivity contribution < 1.29 is 9.53 Å². The molecule has 4 heterocycles. The molecule has 1 atom stereocenters. The molecule has 0 saturated carbocycles. The Labute approximate surface area is 217 Å². The molecule has 1 aliphatic rings. The Bertz CT molecular complexity index is 1390. The maximum absolute atomic E-state index is 13.0. The highest BCUT2D eigenvalue weighted by Crippen LogP contribution is 2.23. The van der Waals surface area contributed by atoms with Crippen molar-refractivity contribution in [2.75, 3.05) is 33.2 Å². The van der Waals surface area contributed by atoms with Crippen molar-refractivity contribution in [1.29, 1.82) is 0 Å². The van der Waals surface area contributed by atoms with Crippen LogP contribution in [-0.4, -0.2) is 75.0 Å². The highest BCUT2D eigenvalue weighted by Gasteiger charge is 2.21. The molecule has 8 heteroatoms. The van der Waals surface area contributed by atoms with E-state index in [0.717, 1.165) is 59.8 Å². The van der Waals surface area contributed by atoms with Crippen LogP contribution in [0, 0.1) is 5.92 Å². The first-order valence-electron chi connectivity index (χ1n) is 12.9. The van der Waals surface area contributed by atoms with Gasteiger partial charge in [0, 0.05) is 62.0 Å². The molecule has 1 aliphatic heterocycles. The van der Waals surface area contributed by atoms with Gasteiger partial charge in [-0.05, 0) is 55.8 Å². The Hall–Kier alpha value is -3.78. The summed E-state index contributed by atoms with van der Waals surface area (Å²) in [6, 6.07) is 13.8. The van der Waals surface area contributed by atoms with Gasteiger partial charge in [0.05, 0.1) is 17.5 Å². The van der Waals surface area contributed by atoms with Crippen LogP contribution in [0.5, 0.6) is 5.75 Å². The topological polar surface area (TPSA) is 87.2 Å². The molecule has 192 valence electrons. The van der Waals surface area contributed by atoms with Crippen molar-refractivity contribution in [2.24, 2.45) is 5.92 Å². The number of pyridine rings is 1. The number of rotatable bonds is 7. The molecule has 1 N–H and O–H groups in total. The summed E-state index contributed by atoms with van der Waals surface area (Å²) in [6.45, 7) is 9.66. The smallest absolute Gasteiger partial charge is 0.270 e.